The molecular formula is C9H8BrClN2. The highest BCUT2D eigenvalue weighted by Gasteiger charge is 1.97. The normalized spacial score (nSPS) is 9.62. The van der Waals surface area contributed by atoms with Crippen LogP contribution in [0.25, 0.3) is 10.9 Å². The van der Waals surface area contributed by atoms with E-state index in [4.69, 9.17) is 5.73 Å². The van der Waals surface area contributed by atoms with Crippen molar-refractivity contribution in [3.05, 3.63) is 34.9 Å². The van der Waals surface area contributed by atoms with Gasteiger partial charge in [0.1, 0.15) is 0 Å². The summed E-state index contributed by atoms with van der Waals surface area (Å²) in [6, 6.07) is 7.67. The number of nitrogens with two attached hydrogens (primary N) is 1. The van der Waals surface area contributed by atoms with Crippen molar-refractivity contribution in [2.75, 3.05) is 5.73 Å². The number of hydrogen-bond acceptors (Lipinski definition) is 2. The lowest BCUT2D eigenvalue weighted by atomic mass is 10.2. The van der Waals surface area contributed by atoms with Gasteiger partial charge in [-0.25, -0.2) is 0 Å². The van der Waals surface area contributed by atoms with Crippen LogP contribution in [0.3, 0.4) is 0 Å². The minimum atomic E-state index is 0. The molecule has 0 saturated heterocycles. The van der Waals surface area contributed by atoms with Gasteiger partial charge in [-0.2, -0.15) is 0 Å². The predicted octanol–water partition coefficient (Wildman–Crippen LogP) is 3.00. The number of benzene rings is 1. The standard InChI is InChI=1S/C9H7BrN2.ClH/c10-6-1-2-7-8(11)3-4-12-9(7)5-6;/h1-5H,(H2,11,12);1H. The molecule has 2 rings (SSSR count). The van der Waals surface area contributed by atoms with E-state index < -0.39 is 0 Å². The third-order valence-corrected chi connectivity index (χ3v) is 2.23. The first kappa shape index (κ1) is 10.3. The van der Waals surface area contributed by atoms with Gasteiger partial charge in [0.25, 0.3) is 0 Å². The minimum absolute atomic E-state index is 0. The molecule has 2 aromatic rings. The molecule has 13 heavy (non-hydrogen) atoms. The fourth-order valence-electron chi connectivity index (χ4n) is 1.14. The summed E-state index contributed by atoms with van der Waals surface area (Å²) in [5, 5.41) is 1.00. The Hall–Kier alpha value is -0.800. The van der Waals surface area contributed by atoms with Gasteiger partial charge in [-0.3, -0.25) is 4.98 Å². The number of anilines is 1. The molecule has 0 atom stereocenters. The largest absolute Gasteiger partial charge is 0.398 e. The number of fused-ring (bicyclic) bond motifs is 1. The zero-order chi connectivity index (χ0) is 8.55. The van der Waals surface area contributed by atoms with Gasteiger partial charge in [0, 0.05) is 21.7 Å². The molecule has 0 fully saturated rings. The van der Waals surface area contributed by atoms with E-state index in [0.29, 0.717) is 0 Å². The molecule has 0 radical (unpaired) electrons. The van der Waals surface area contributed by atoms with Gasteiger partial charge in [-0.15, -0.1) is 12.4 Å². The highest BCUT2D eigenvalue weighted by Crippen LogP contribution is 2.21. The van der Waals surface area contributed by atoms with E-state index in [0.717, 1.165) is 21.1 Å². The Kier molecular flexibility index (Phi) is 3.12. The van der Waals surface area contributed by atoms with Crippen molar-refractivity contribution in [1.82, 2.24) is 4.98 Å². The van der Waals surface area contributed by atoms with Crippen molar-refractivity contribution in [2.45, 2.75) is 0 Å². The SMILES string of the molecule is Cl.Nc1ccnc2cc(Br)ccc12. The molecule has 68 valence electrons. The second-order valence-electron chi connectivity index (χ2n) is 2.56. The van der Waals surface area contributed by atoms with Crippen molar-refractivity contribution < 1.29 is 0 Å². The lowest BCUT2D eigenvalue weighted by molar-refractivity contribution is 1.41. The van der Waals surface area contributed by atoms with Crippen LogP contribution in [-0.2, 0) is 0 Å². The smallest absolute Gasteiger partial charge is 0.0733 e. The lowest BCUT2D eigenvalue weighted by Gasteiger charge is -1.99. The molecule has 1 aromatic heterocycles. The molecule has 0 spiro atoms. The van der Waals surface area contributed by atoms with Crippen LogP contribution in [0.5, 0.6) is 0 Å². The van der Waals surface area contributed by atoms with Gasteiger partial charge in [0.2, 0.25) is 0 Å². The summed E-state index contributed by atoms with van der Waals surface area (Å²) < 4.78 is 1.02. The van der Waals surface area contributed by atoms with Crippen molar-refractivity contribution in [1.29, 1.82) is 0 Å². The maximum absolute atomic E-state index is 5.75. The van der Waals surface area contributed by atoms with E-state index in [9.17, 15) is 0 Å². The van der Waals surface area contributed by atoms with Crippen molar-refractivity contribution in [2.24, 2.45) is 0 Å². The predicted molar refractivity (Wildman–Crippen MR) is 61.1 cm³/mol. The Bertz CT molecular complexity index is 431. The maximum Gasteiger partial charge on any atom is 0.0733 e. The molecule has 0 aliphatic rings. The maximum atomic E-state index is 5.75. The number of halogens is 2. The van der Waals surface area contributed by atoms with Gasteiger partial charge >= 0.3 is 0 Å². The van der Waals surface area contributed by atoms with Crippen molar-refractivity contribution in [3.8, 4) is 0 Å². The molecular weight excluding hydrogens is 251 g/mol. The molecule has 0 amide bonds. The Morgan fingerprint density at radius 2 is 2.00 bits per heavy atom. The van der Waals surface area contributed by atoms with Gasteiger partial charge < -0.3 is 5.73 Å². The molecule has 1 aromatic carbocycles. The lowest BCUT2D eigenvalue weighted by Crippen LogP contribution is -1.87. The summed E-state index contributed by atoms with van der Waals surface area (Å²) in [6.45, 7) is 0. The van der Waals surface area contributed by atoms with Gasteiger partial charge in [-0.1, -0.05) is 15.9 Å². The van der Waals surface area contributed by atoms with Crippen LogP contribution in [0.1, 0.15) is 0 Å². The number of hydrogen-bond donors (Lipinski definition) is 1. The summed E-state index contributed by atoms with van der Waals surface area (Å²) in [5.74, 6) is 0. The van der Waals surface area contributed by atoms with Crippen LogP contribution in [0.4, 0.5) is 5.69 Å². The second kappa shape index (κ2) is 3.94. The third kappa shape index (κ3) is 1.92. The van der Waals surface area contributed by atoms with Crippen LogP contribution in [0.15, 0.2) is 34.9 Å². The highest BCUT2D eigenvalue weighted by atomic mass is 79.9. The van der Waals surface area contributed by atoms with Crippen LogP contribution in [0, 0.1) is 0 Å². The Morgan fingerprint density at radius 3 is 2.77 bits per heavy atom. The Morgan fingerprint density at radius 1 is 1.23 bits per heavy atom. The van der Waals surface area contributed by atoms with Crippen molar-refractivity contribution >= 4 is 44.9 Å². The molecule has 1 heterocycles. The van der Waals surface area contributed by atoms with E-state index in [2.05, 4.69) is 20.9 Å². The summed E-state index contributed by atoms with van der Waals surface area (Å²) in [5.41, 5.74) is 7.44. The van der Waals surface area contributed by atoms with E-state index >= 15 is 0 Å². The van der Waals surface area contributed by atoms with E-state index in [1.54, 1.807) is 12.3 Å². The average molecular weight is 260 g/mol. The van der Waals surface area contributed by atoms with E-state index in [-0.39, 0.29) is 12.4 Å². The zero-order valence-corrected chi connectivity index (χ0v) is 9.10. The molecule has 0 bridgehead atoms. The van der Waals surface area contributed by atoms with Gasteiger partial charge in [-0.05, 0) is 24.3 Å². The molecule has 0 saturated carbocycles. The fourth-order valence-corrected chi connectivity index (χ4v) is 1.49. The second-order valence-corrected chi connectivity index (χ2v) is 3.48. The van der Waals surface area contributed by atoms with Crippen LogP contribution < -0.4 is 5.73 Å². The van der Waals surface area contributed by atoms with Gasteiger partial charge in [0.05, 0.1) is 5.52 Å². The van der Waals surface area contributed by atoms with Gasteiger partial charge in [0.15, 0.2) is 0 Å². The minimum Gasteiger partial charge on any atom is -0.398 e. The summed E-state index contributed by atoms with van der Waals surface area (Å²) in [4.78, 5) is 4.19. The van der Waals surface area contributed by atoms with E-state index in [1.807, 2.05) is 18.2 Å². The van der Waals surface area contributed by atoms with Crippen LogP contribution >= 0.6 is 28.3 Å². The Labute approximate surface area is 90.7 Å². The molecule has 0 aliphatic heterocycles. The first-order chi connectivity index (χ1) is 5.77. The summed E-state index contributed by atoms with van der Waals surface area (Å²) in [7, 11) is 0. The first-order valence-corrected chi connectivity index (χ1v) is 4.36. The van der Waals surface area contributed by atoms with E-state index in [1.165, 1.54) is 0 Å². The van der Waals surface area contributed by atoms with Crippen molar-refractivity contribution in [3.63, 3.8) is 0 Å². The quantitative estimate of drug-likeness (QED) is 0.790. The highest BCUT2D eigenvalue weighted by molar-refractivity contribution is 9.10. The molecule has 2 N–H and O–H groups in total. The topological polar surface area (TPSA) is 38.9 Å². The number of nitrogen functional groups attached to an aromatic ring is 1. The fraction of sp³-hybridized carbons (Fsp3) is 0. The summed E-state index contributed by atoms with van der Waals surface area (Å²) in [6.07, 6.45) is 1.71. The zero-order valence-electron chi connectivity index (χ0n) is 6.70. The number of nitrogens with zero attached hydrogens (tertiary/aromatic N) is 1. The first-order valence-electron chi connectivity index (χ1n) is 3.57. The van der Waals surface area contributed by atoms with Crippen LogP contribution in [-0.4, -0.2) is 4.98 Å². The number of rotatable bonds is 0. The number of aromatic nitrogens is 1. The van der Waals surface area contributed by atoms with Crippen LogP contribution in [0.2, 0.25) is 0 Å². The molecule has 2 nitrogen and oxygen atoms in total. The third-order valence-electron chi connectivity index (χ3n) is 1.74. The average Bonchev–Trinajstić information content (AvgIpc) is 2.04. The number of pyridine rings is 1. The molecule has 0 unspecified atom stereocenters. The Balaban J connectivity index is 0.000000845. The molecule has 4 heteroatoms. The monoisotopic (exact) mass is 258 g/mol. The molecule has 0 aliphatic carbocycles. The summed E-state index contributed by atoms with van der Waals surface area (Å²) >= 11 is 3.38.